The molecule has 2 aromatic heterocycles. The highest BCUT2D eigenvalue weighted by Crippen LogP contribution is 2.28. The molecule has 4 aromatic rings. The first-order valence-electron chi connectivity index (χ1n) is 10.4. The number of benzene rings is 2. The number of anilines is 1. The lowest BCUT2D eigenvalue weighted by atomic mass is 10.1. The molecule has 0 radical (unpaired) electrons. The van der Waals surface area contributed by atoms with Crippen LogP contribution in [0.3, 0.4) is 0 Å². The zero-order valence-electron chi connectivity index (χ0n) is 16.9. The summed E-state index contributed by atoms with van der Waals surface area (Å²) in [6, 6.07) is 13.6. The zero-order chi connectivity index (χ0) is 21.4. The molecule has 3 N–H and O–H groups in total. The van der Waals surface area contributed by atoms with E-state index in [0.29, 0.717) is 30.0 Å². The molecule has 0 spiro atoms. The molecule has 2 aromatic carbocycles. The number of H-pyrrole nitrogens is 1. The number of hydrogen-bond donors (Lipinski definition) is 3. The fourth-order valence-corrected chi connectivity index (χ4v) is 4.31. The molecule has 1 saturated heterocycles. The van der Waals surface area contributed by atoms with Crippen molar-refractivity contribution < 1.29 is 9.52 Å². The highest BCUT2D eigenvalue weighted by atomic mass is 35.5. The van der Waals surface area contributed by atoms with E-state index in [9.17, 15) is 9.90 Å². The van der Waals surface area contributed by atoms with Crippen molar-refractivity contribution in [1.29, 1.82) is 0 Å². The number of aliphatic hydroxyl groups excluding tert-OH is 1. The lowest BCUT2D eigenvalue weighted by Gasteiger charge is -2.13. The van der Waals surface area contributed by atoms with Gasteiger partial charge in [0.05, 0.1) is 12.6 Å². The summed E-state index contributed by atoms with van der Waals surface area (Å²) in [4.78, 5) is 22.1. The zero-order valence-corrected chi connectivity index (χ0v) is 17.7. The van der Waals surface area contributed by atoms with Gasteiger partial charge >= 0.3 is 0 Å². The lowest BCUT2D eigenvalue weighted by molar-refractivity contribution is 0.174. The number of nitrogens with one attached hydrogen (secondary N) is 2. The van der Waals surface area contributed by atoms with Gasteiger partial charge < -0.3 is 19.8 Å². The molecule has 5 rings (SSSR count). The molecule has 0 aliphatic carbocycles. The first-order chi connectivity index (χ1) is 15.0. The smallest absolute Gasteiger partial charge is 0.294 e. The van der Waals surface area contributed by atoms with Gasteiger partial charge in [-0.05, 0) is 48.7 Å². The monoisotopic (exact) mass is 438 g/mol. The minimum Gasteiger partial charge on any atom is -0.449 e. The van der Waals surface area contributed by atoms with E-state index in [-0.39, 0.29) is 17.2 Å². The third-order valence-corrected chi connectivity index (χ3v) is 5.86. The van der Waals surface area contributed by atoms with Gasteiger partial charge in [-0.25, -0.2) is 4.98 Å². The van der Waals surface area contributed by atoms with Gasteiger partial charge in [-0.2, -0.15) is 0 Å². The van der Waals surface area contributed by atoms with Gasteiger partial charge in [0.1, 0.15) is 16.9 Å². The van der Waals surface area contributed by atoms with Gasteiger partial charge in [0.15, 0.2) is 0 Å². The predicted octanol–water partition coefficient (Wildman–Crippen LogP) is 3.54. The summed E-state index contributed by atoms with van der Waals surface area (Å²) < 4.78 is 5.76. The van der Waals surface area contributed by atoms with Crippen LogP contribution >= 0.6 is 11.6 Å². The second-order valence-corrected chi connectivity index (χ2v) is 8.42. The fourth-order valence-electron chi connectivity index (χ4n) is 4.10. The molecule has 1 aliphatic rings. The van der Waals surface area contributed by atoms with Gasteiger partial charge in [0, 0.05) is 35.7 Å². The van der Waals surface area contributed by atoms with Crippen molar-refractivity contribution in [3.63, 3.8) is 0 Å². The van der Waals surface area contributed by atoms with Crippen LogP contribution in [-0.2, 0) is 13.0 Å². The van der Waals surface area contributed by atoms with Crippen molar-refractivity contribution in [3.05, 3.63) is 69.2 Å². The molecule has 31 heavy (non-hydrogen) atoms. The van der Waals surface area contributed by atoms with Crippen LogP contribution in [0.4, 0.5) is 5.69 Å². The second kappa shape index (κ2) is 8.34. The minimum atomic E-state index is -0.314. The molecule has 1 unspecified atom stereocenters. The Bertz CT molecular complexity index is 1300. The molecule has 0 bridgehead atoms. The largest absolute Gasteiger partial charge is 0.449 e. The number of likely N-dealkylation sites (tertiary alicyclic amines) is 1. The standard InChI is InChI=1S/C23H23ClN4O3/c24-15-3-1-2-14(10-15)6-8-25-16-4-5-19-18(11-16)21-22(31-19)23(30)27-20(26-21)13-28-9-7-17(29)12-28/h1-5,10-11,17,25,29H,6-9,12-13H2,(H,26,27,30). The van der Waals surface area contributed by atoms with Gasteiger partial charge in [0.25, 0.3) is 5.56 Å². The summed E-state index contributed by atoms with van der Waals surface area (Å²) in [5, 5.41) is 14.7. The fraction of sp³-hybridized carbons (Fsp3) is 0.304. The minimum absolute atomic E-state index is 0.233. The van der Waals surface area contributed by atoms with Crippen LogP contribution in [-0.4, -0.2) is 45.7 Å². The summed E-state index contributed by atoms with van der Waals surface area (Å²) >= 11 is 6.05. The van der Waals surface area contributed by atoms with Crippen molar-refractivity contribution in [1.82, 2.24) is 14.9 Å². The number of aliphatic hydroxyl groups is 1. The number of aromatic nitrogens is 2. The van der Waals surface area contributed by atoms with Gasteiger partial charge in [-0.15, -0.1) is 0 Å². The van der Waals surface area contributed by atoms with Crippen molar-refractivity contribution in [3.8, 4) is 0 Å². The molecule has 0 saturated carbocycles. The Labute approximate surface area is 183 Å². The number of hydrogen-bond acceptors (Lipinski definition) is 6. The van der Waals surface area contributed by atoms with Gasteiger partial charge in [-0.1, -0.05) is 23.7 Å². The summed E-state index contributed by atoms with van der Waals surface area (Å²) in [7, 11) is 0. The van der Waals surface area contributed by atoms with E-state index in [1.807, 2.05) is 36.4 Å². The SMILES string of the molecule is O=c1[nH]c(CN2CCC(O)C2)nc2c1oc1ccc(NCCc3cccc(Cl)c3)cc12. The van der Waals surface area contributed by atoms with E-state index in [1.165, 1.54) is 5.56 Å². The van der Waals surface area contributed by atoms with E-state index in [1.54, 1.807) is 0 Å². The summed E-state index contributed by atoms with van der Waals surface area (Å²) in [6.07, 6.45) is 1.27. The number of halogens is 1. The summed E-state index contributed by atoms with van der Waals surface area (Å²) in [5.41, 5.74) is 3.24. The third kappa shape index (κ3) is 4.30. The molecular formula is C23H23ClN4O3. The highest BCUT2D eigenvalue weighted by Gasteiger charge is 2.22. The first kappa shape index (κ1) is 20.1. The van der Waals surface area contributed by atoms with Crippen molar-refractivity contribution in [2.24, 2.45) is 0 Å². The Morgan fingerprint density at radius 3 is 3.00 bits per heavy atom. The first-order valence-corrected chi connectivity index (χ1v) is 10.8. The summed E-state index contributed by atoms with van der Waals surface area (Å²) in [5.74, 6) is 0.577. The number of aromatic amines is 1. The van der Waals surface area contributed by atoms with E-state index in [0.717, 1.165) is 42.0 Å². The normalized spacial score (nSPS) is 17.0. The topological polar surface area (TPSA) is 94.4 Å². The third-order valence-electron chi connectivity index (χ3n) is 5.63. The predicted molar refractivity (Wildman–Crippen MR) is 122 cm³/mol. The highest BCUT2D eigenvalue weighted by molar-refractivity contribution is 6.30. The Morgan fingerprint density at radius 2 is 2.19 bits per heavy atom. The number of furan rings is 1. The average Bonchev–Trinajstić information content (AvgIpc) is 3.31. The maximum atomic E-state index is 12.6. The Morgan fingerprint density at radius 1 is 1.29 bits per heavy atom. The van der Waals surface area contributed by atoms with Crippen LogP contribution in [0.1, 0.15) is 17.8 Å². The molecule has 7 nitrogen and oxygen atoms in total. The van der Waals surface area contributed by atoms with E-state index >= 15 is 0 Å². The molecule has 8 heteroatoms. The quantitative estimate of drug-likeness (QED) is 0.426. The Kier molecular flexibility index (Phi) is 5.40. The maximum Gasteiger partial charge on any atom is 0.294 e. The molecule has 0 amide bonds. The van der Waals surface area contributed by atoms with Crippen LogP contribution in [0.15, 0.2) is 51.7 Å². The van der Waals surface area contributed by atoms with Crippen LogP contribution < -0.4 is 10.9 Å². The number of β-amino-alcohol motifs (C(OH)–C–C–N with tert-alkyl or cyclic N) is 1. The number of fused-ring (bicyclic) bond motifs is 3. The Hall–Kier alpha value is -2.87. The van der Waals surface area contributed by atoms with Crippen molar-refractivity contribution in [2.45, 2.75) is 25.5 Å². The number of nitrogens with zero attached hydrogens (tertiary/aromatic N) is 2. The van der Waals surface area contributed by atoms with E-state index in [4.69, 9.17) is 16.0 Å². The van der Waals surface area contributed by atoms with Gasteiger partial charge in [-0.3, -0.25) is 9.69 Å². The average molecular weight is 439 g/mol. The Balaban J connectivity index is 1.39. The van der Waals surface area contributed by atoms with Crippen molar-refractivity contribution >= 4 is 39.4 Å². The van der Waals surface area contributed by atoms with Crippen LogP contribution in [0, 0.1) is 0 Å². The van der Waals surface area contributed by atoms with Gasteiger partial charge in [0.2, 0.25) is 5.58 Å². The molecule has 160 valence electrons. The van der Waals surface area contributed by atoms with E-state index < -0.39 is 0 Å². The maximum absolute atomic E-state index is 12.6. The molecule has 1 aliphatic heterocycles. The van der Waals surface area contributed by atoms with E-state index in [2.05, 4.69) is 26.3 Å². The number of rotatable bonds is 6. The molecular weight excluding hydrogens is 416 g/mol. The van der Waals surface area contributed by atoms with Crippen LogP contribution in [0.5, 0.6) is 0 Å². The lowest BCUT2D eigenvalue weighted by Crippen LogP contribution is -2.24. The molecule has 1 atom stereocenters. The van der Waals surface area contributed by atoms with Crippen LogP contribution in [0.25, 0.3) is 22.1 Å². The van der Waals surface area contributed by atoms with Crippen molar-refractivity contribution in [2.75, 3.05) is 25.0 Å². The molecule has 1 fully saturated rings. The summed E-state index contributed by atoms with van der Waals surface area (Å²) in [6.45, 7) is 2.62. The molecule has 3 heterocycles. The second-order valence-electron chi connectivity index (χ2n) is 7.99. The van der Waals surface area contributed by atoms with Crippen LogP contribution in [0.2, 0.25) is 5.02 Å².